The van der Waals surface area contributed by atoms with Gasteiger partial charge in [-0.15, -0.1) is 0 Å². The van der Waals surface area contributed by atoms with Gasteiger partial charge in [0.25, 0.3) is 5.69 Å². The number of carbonyl (C=O) groups is 2. The zero-order valence-electron chi connectivity index (χ0n) is 19.5. The summed E-state index contributed by atoms with van der Waals surface area (Å²) in [5.74, 6) is -0.565. The molecule has 2 aromatic carbocycles. The average Bonchev–Trinajstić information content (AvgIpc) is 3.01. The molecule has 2 aliphatic carbocycles. The van der Waals surface area contributed by atoms with Gasteiger partial charge in [-0.25, -0.2) is 0 Å². The van der Waals surface area contributed by atoms with E-state index in [1.54, 1.807) is 0 Å². The number of hydrogen-bond donors (Lipinski definition) is 2. The number of hydrazone groups is 1. The van der Waals surface area contributed by atoms with Gasteiger partial charge in [-0.05, 0) is 67.5 Å². The lowest BCUT2D eigenvalue weighted by Gasteiger charge is -2.37. The van der Waals surface area contributed by atoms with Crippen LogP contribution in [0.2, 0.25) is 0 Å². The van der Waals surface area contributed by atoms with Gasteiger partial charge in [0.05, 0.1) is 10.6 Å². The number of ketones is 1. The molecular formula is C25H28N4O4. The number of nitro benzene ring substituents is 1. The normalized spacial score (nSPS) is 26.5. The van der Waals surface area contributed by atoms with E-state index in [4.69, 9.17) is 0 Å². The minimum absolute atomic E-state index is 0.0284. The Morgan fingerprint density at radius 3 is 2.18 bits per heavy atom. The largest absolute Gasteiger partial charge is 0.325 e. The number of hydrogen-bond acceptors (Lipinski definition) is 6. The fourth-order valence-corrected chi connectivity index (χ4v) is 5.54. The summed E-state index contributed by atoms with van der Waals surface area (Å²) in [4.78, 5) is 37.7. The van der Waals surface area contributed by atoms with E-state index in [1.165, 1.54) is 24.3 Å². The van der Waals surface area contributed by atoms with Crippen molar-refractivity contribution in [3.63, 3.8) is 0 Å². The SMILES string of the molecule is Cc1cc(C)cc(NC(=O)C23CCC(C)(C(=NNc4ccc([N+](=O)[O-])cc4)C2=O)C3(C)C)c1. The van der Waals surface area contributed by atoms with Gasteiger partial charge < -0.3 is 5.32 Å². The maximum atomic E-state index is 13.7. The predicted octanol–water partition coefficient (Wildman–Crippen LogP) is 5.01. The number of Topliss-reactive ketones (excluding diaryl/α,β-unsaturated/α-hetero) is 1. The summed E-state index contributed by atoms with van der Waals surface area (Å²) in [7, 11) is 0. The number of nitro groups is 1. The smallest absolute Gasteiger partial charge is 0.269 e. The van der Waals surface area contributed by atoms with Crippen LogP contribution in [-0.2, 0) is 9.59 Å². The molecule has 0 aromatic heterocycles. The molecular weight excluding hydrogens is 420 g/mol. The van der Waals surface area contributed by atoms with E-state index in [-0.39, 0.29) is 17.4 Å². The third kappa shape index (κ3) is 3.23. The Labute approximate surface area is 192 Å². The molecule has 172 valence electrons. The molecule has 2 saturated carbocycles. The summed E-state index contributed by atoms with van der Waals surface area (Å²) in [6.45, 7) is 9.85. The topological polar surface area (TPSA) is 114 Å². The Morgan fingerprint density at radius 1 is 1.00 bits per heavy atom. The summed E-state index contributed by atoms with van der Waals surface area (Å²) in [5, 5.41) is 18.3. The van der Waals surface area contributed by atoms with Crippen LogP contribution < -0.4 is 10.7 Å². The number of amides is 1. The van der Waals surface area contributed by atoms with Crippen molar-refractivity contribution in [3.8, 4) is 0 Å². The van der Waals surface area contributed by atoms with Crippen LogP contribution in [0.15, 0.2) is 47.6 Å². The van der Waals surface area contributed by atoms with Crippen LogP contribution in [0.25, 0.3) is 0 Å². The number of anilines is 2. The first-order valence-corrected chi connectivity index (χ1v) is 11.0. The molecule has 2 aromatic rings. The first-order chi connectivity index (χ1) is 15.4. The minimum Gasteiger partial charge on any atom is -0.325 e. The van der Waals surface area contributed by atoms with Crippen LogP contribution in [0.4, 0.5) is 17.1 Å². The summed E-state index contributed by atoms with van der Waals surface area (Å²) >= 11 is 0. The van der Waals surface area contributed by atoms with Crippen LogP contribution in [0, 0.1) is 40.2 Å². The molecule has 0 saturated heterocycles. The highest BCUT2D eigenvalue weighted by Gasteiger charge is 2.76. The predicted molar refractivity (Wildman–Crippen MR) is 127 cm³/mol. The Morgan fingerprint density at radius 2 is 1.61 bits per heavy atom. The highest BCUT2D eigenvalue weighted by molar-refractivity contribution is 6.51. The summed E-state index contributed by atoms with van der Waals surface area (Å²) in [5.41, 5.74) is 4.01. The van der Waals surface area contributed by atoms with E-state index in [0.717, 1.165) is 11.1 Å². The third-order valence-corrected chi connectivity index (χ3v) is 7.81. The molecule has 0 spiro atoms. The zero-order chi connectivity index (χ0) is 24.2. The second kappa shape index (κ2) is 7.50. The van der Waals surface area contributed by atoms with Crippen LogP contribution in [0.1, 0.15) is 44.7 Å². The molecule has 4 rings (SSSR count). The summed E-state index contributed by atoms with van der Waals surface area (Å²) in [6, 6.07) is 11.6. The maximum absolute atomic E-state index is 13.7. The molecule has 2 fully saturated rings. The first-order valence-electron chi connectivity index (χ1n) is 11.0. The first kappa shape index (κ1) is 22.6. The molecule has 2 aliphatic rings. The van der Waals surface area contributed by atoms with Crippen LogP contribution in [0.3, 0.4) is 0 Å². The Balaban J connectivity index is 1.66. The fourth-order valence-electron chi connectivity index (χ4n) is 5.54. The quantitative estimate of drug-likeness (QED) is 0.379. The van der Waals surface area contributed by atoms with Crippen LogP contribution in [0.5, 0.6) is 0 Å². The number of rotatable bonds is 5. The van der Waals surface area contributed by atoms with Crippen LogP contribution in [-0.4, -0.2) is 22.3 Å². The Bertz CT molecular complexity index is 1180. The highest BCUT2D eigenvalue weighted by atomic mass is 16.6. The van der Waals surface area contributed by atoms with Crippen molar-refractivity contribution in [2.75, 3.05) is 10.7 Å². The van der Waals surface area contributed by atoms with Gasteiger partial charge in [-0.1, -0.05) is 26.8 Å². The zero-order valence-corrected chi connectivity index (χ0v) is 19.5. The molecule has 33 heavy (non-hydrogen) atoms. The number of nitrogens with zero attached hydrogens (tertiary/aromatic N) is 2. The summed E-state index contributed by atoms with van der Waals surface area (Å²) in [6.07, 6.45) is 1.12. The van der Waals surface area contributed by atoms with E-state index >= 15 is 0 Å². The molecule has 0 aliphatic heterocycles. The lowest BCUT2D eigenvalue weighted by Crippen LogP contribution is -2.47. The number of fused-ring (bicyclic) bond motifs is 2. The number of non-ortho nitro benzene ring substituents is 1. The number of aryl methyl sites for hydroxylation is 2. The van der Waals surface area contributed by atoms with Gasteiger partial charge in [0, 0.05) is 23.2 Å². The lowest BCUT2D eigenvalue weighted by atomic mass is 9.64. The minimum atomic E-state index is -1.21. The van der Waals surface area contributed by atoms with E-state index in [2.05, 4.69) is 15.8 Å². The molecule has 1 amide bonds. The van der Waals surface area contributed by atoms with Crippen molar-refractivity contribution in [2.24, 2.45) is 21.3 Å². The molecule has 0 heterocycles. The lowest BCUT2D eigenvalue weighted by molar-refractivity contribution is -0.384. The van der Waals surface area contributed by atoms with Gasteiger partial charge in [0.2, 0.25) is 5.91 Å². The number of benzene rings is 2. The summed E-state index contributed by atoms with van der Waals surface area (Å²) < 4.78 is 0. The Hall–Kier alpha value is -3.55. The van der Waals surface area contributed by atoms with Crippen molar-refractivity contribution in [2.45, 2.75) is 47.5 Å². The molecule has 8 heteroatoms. The maximum Gasteiger partial charge on any atom is 0.269 e. The molecule has 2 unspecified atom stereocenters. The van der Waals surface area contributed by atoms with E-state index < -0.39 is 21.2 Å². The van der Waals surface area contributed by atoms with Crippen molar-refractivity contribution in [1.29, 1.82) is 0 Å². The average molecular weight is 449 g/mol. The van der Waals surface area contributed by atoms with Crippen molar-refractivity contribution in [1.82, 2.24) is 0 Å². The van der Waals surface area contributed by atoms with Gasteiger partial charge in [0.15, 0.2) is 5.78 Å². The fraction of sp³-hybridized carbons (Fsp3) is 0.400. The van der Waals surface area contributed by atoms with Gasteiger partial charge in [-0.2, -0.15) is 5.10 Å². The van der Waals surface area contributed by atoms with Crippen molar-refractivity contribution < 1.29 is 14.5 Å². The van der Waals surface area contributed by atoms with Gasteiger partial charge in [-0.3, -0.25) is 25.1 Å². The van der Waals surface area contributed by atoms with Gasteiger partial charge >= 0.3 is 0 Å². The molecule has 0 radical (unpaired) electrons. The highest BCUT2D eigenvalue weighted by Crippen LogP contribution is 2.69. The molecule has 2 bridgehead atoms. The second-order valence-corrected chi connectivity index (χ2v) is 9.90. The van der Waals surface area contributed by atoms with E-state index in [9.17, 15) is 19.7 Å². The van der Waals surface area contributed by atoms with Gasteiger partial charge in [0.1, 0.15) is 11.1 Å². The Kier molecular flexibility index (Phi) is 5.15. The molecule has 8 nitrogen and oxygen atoms in total. The molecule has 2 atom stereocenters. The van der Waals surface area contributed by atoms with Crippen molar-refractivity contribution >= 4 is 34.5 Å². The number of nitrogens with one attached hydrogen (secondary N) is 2. The third-order valence-electron chi connectivity index (χ3n) is 7.81. The number of carbonyl (C=O) groups excluding carboxylic acids is 2. The molecule has 2 N–H and O–H groups in total. The van der Waals surface area contributed by atoms with E-state index in [1.807, 2.05) is 52.8 Å². The monoisotopic (exact) mass is 448 g/mol. The van der Waals surface area contributed by atoms with Crippen LogP contribution >= 0.6 is 0 Å². The standard InChI is InChI=1S/C25H28N4O4/c1-15-12-16(2)14-18(13-15)26-22(31)25-11-10-24(5,23(25,3)4)20(21(25)30)28-27-17-6-8-19(9-7-17)29(32)33/h6-9,12-14,27H,10-11H2,1-5H3,(H,26,31). The van der Waals surface area contributed by atoms with E-state index in [0.29, 0.717) is 29.9 Å². The second-order valence-electron chi connectivity index (χ2n) is 9.90. The van der Waals surface area contributed by atoms with Crippen molar-refractivity contribution in [3.05, 3.63) is 63.7 Å².